The van der Waals surface area contributed by atoms with Gasteiger partial charge in [-0.2, -0.15) is 0 Å². The highest BCUT2D eigenvalue weighted by atomic mass is 32.1. The predicted molar refractivity (Wildman–Crippen MR) is 89.6 cm³/mol. The van der Waals surface area contributed by atoms with Crippen molar-refractivity contribution in [2.75, 3.05) is 14.2 Å². The van der Waals surface area contributed by atoms with Crippen LogP contribution in [-0.2, 0) is 12.8 Å². The Bertz CT molecular complexity index is 609. The van der Waals surface area contributed by atoms with E-state index in [1.54, 1.807) is 17.6 Å². The molecule has 0 bridgehead atoms. The standard InChI is InChI=1S/C18H23NOS/c1-12-10-14(20-3)8-9-15(12)18(19-2)17-11-13-6-4-5-7-16(13)21-17/h8-11,18-19H,4-7H2,1-3H3. The molecule has 1 N–H and O–H groups in total. The van der Waals surface area contributed by atoms with Crippen LogP contribution in [0.5, 0.6) is 5.75 Å². The fraction of sp³-hybridized carbons (Fsp3) is 0.444. The molecule has 1 atom stereocenters. The van der Waals surface area contributed by atoms with Crippen LogP contribution in [0.2, 0.25) is 0 Å². The van der Waals surface area contributed by atoms with Crippen LogP contribution in [0.25, 0.3) is 0 Å². The molecule has 3 heteroatoms. The SMILES string of the molecule is CNC(c1cc2c(s1)CCCC2)c1ccc(OC)cc1C. The maximum atomic E-state index is 5.32. The Hall–Kier alpha value is -1.32. The molecule has 0 aliphatic heterocycles. The fourth-order valence-corrected chi connectivity index (χ4v) is 4.59. The maximum absolute atomic E-state index is 5.32. The van der Waals surface area contributed by atoms with Crippen LogP contribution in [0, 0.1) is 6.92 Å². The van der Waals surface area contributed by atoms with E-state index in [1.807, 2.05) is 18.4 Å². The monoisotopic (exact) mass is 301 g/mol. The van der Waals surface area contributed by atoms with Crippen molar-refractivity contribution in [1.29, 1.82) is 0 Å². The number of nitrogens with one attached hydrogen (secondary N) is 1. The molecular formula is C18H23NOS. The van der Waals surface area contributed by atoms with Gasteiger partial charge in [-0.15, -0.1) is 11.3 Å². The quantitative estimate of drug-likeness (QED) is 0.911. The van der Waals surface area contributed by atoms with E-state index in [2.05, 4.69) is 36.5 Å². The first kappa shape index (κ1) is 14.6. The van der Waals surface area contributed by atoms with Crippen LogP contribution in [0.3, 0.4) is 0 Å². The summed E-state index contributed by atoms with van der Waals surface area (Å²) in [5.74, 6) is 0.927. The maximum Gasteiger partial charge on any atom is 0.119 e. The van der Waals surface area contributed by atoms with E-state index in [0.717, 1.165) is 5.75 Å². The van der Waals surface area contributed by atoms with Crippen LogP contribution < -0.4 is 10.1 Å². The molecule has 1 aliphatic rings. The van der Waals surface area contributed by atoms with E-state index in [9.17, 15) is 0 Å². The van der Waals surface area contributed by atoms with Gasteiger partial charge in [0.2, 0.25) is 0 Å². The summed E-state index contributed by atoms with van der Waals surface area (Å²) in [7, 11) is 3.77. The summed E-state index contributed by atoms with van der Waals surface area (Å²) in [4.78, 5) is 3.04. The first-order chi connectivity index (χ1) is 10.2. The van der Waals surface area contributed by atoms with Crippen molar-refractivity contribution in [3.05, 3.63) is 50.7 Å². The van der Waals surface area contributed by atoms with Gasteiger partial charge in [-0.25, -0.2) is 0 Å². The molecule has 1 unspecified atom stereocenters. The van der Waals surface area contributed by atoms with Gasteiger partial charge in [0.1, 0.15) is 5.75 Å². The Morgan fingerprint density at radius 1 is 1.19 bits per heavy atom. The molecule has 21 heavy (non-hydrogen) atoms. The number of methoxy groups -OCH3 is 1. The molecule has 112 valence electrons. The number of fused-ring (bicyclic) bond motifs is 1. The molecule has 0 saturated carbocycles. The smallest absolute Gasteiger partial charge is 0.119 e. The number of hydrogen-bond donors (Lipinski definition) is 1. The second-order valence-electron chi connectivity index (χ2n) is 5.75. The van der Waals surface area contributed by atoms with Gasteiger partial charge in [-0.05, 0) is 74.5 Å². The molecule has 0 amide bonds. The van der Waals surface area contributed by atoms with Crippen molar-refractivity contribution in [2.45, 2.75) is 38.6 Å². The molecule has 3 rings (SSSR count). The summed E-state index contributed by atoms with van der Waals surface area (Å²) >= 11 is 1.99. The average molecular weight is 301 g/mol. The summed E-state index contributed by atoms with van der Waals surface area (Å²) in [5, 5.41) is 3.49. The van der Waals surface area contributed by atoms with E-state index >= 15 is 0 Å². The van der Waals surface area contributed by atoms with Gasteiger partial charge in [-0.3, -0.25) is 0 Å². The third-order valence-corrected chi connectivity index (χ3v) is 5.68. The van der Waals surface area contributed by atoms with Gasteiger partial charge < -0.3 is 10.1 Å². The second kappa shape index (κ2) is 6.20. The Labute approximate surface area is 131 Å². The minimum absolute atomic E-state index is 0.284. The second-order valence-corrected chi connectivity index (χ2v) is 6.92. The summed E-state index contributed by atoms with van der Waals surface area (Å²) in [5.41, 5.74) is 4.20. The third kappa shape index (κ3) is 2.85. The van der Waals surface area contributed by atoms with Crippen LogP contribution in [0.1, 0.15) is 45.3 Å². The highest BCUT2D eigenvalue weighted by Crippen LogP contribution is 2.36. The minimum Gasteiger partial charge on any atom is -0.497 e. The lowest BCUT2D eigenvalue weighted by Crippen LogP contribution is -2.17. The Morgan fingerprint density at radius 2 is 2.00 bits per heavy atom. The summed E-state index contributed by atoms with van der Waals surface area (Å²) in [6.45, 7) is 2.16. The molecule has 0 radical (unpaired) electrons. The highest BCUT2D eigenvalue weighted by molar-refractivity contribution is 7.12. The molecule has 2 nitrogen and oxygen atoms in total. The zero-order valence-electron chi connectivity index (χ0n) is 13.0. The molecule has 0 spiro atoms. The molecule has 1 aliphatic carbocycles. The predicted octanol–water partition coefficient (Wildman–Crippen LogP) is 4.25. The summed E-state index contributed by atoms with van der Waals surface area (Å²) in [6, 6.07) is 9.07. The normalized spacial score (nSPS) is 15.6. The van der Waals surface area contributed by atoms with Crippen LogP contribution >= 0.6 is 11.3 Å². The number of hydrogen-bond acceptors (Lipinski definition) is 3. The lowest BCUT2D eigenvalue weighted by molar-refractivity contribution is 0.414. The Kier molecular flexibility index (Phi) is 4.32. The van der Waals surface area contributed by atoms with Gasteiger partial charge >= 0.3 is 0 Å². The third-order valence-electron chi connectivity index (χ3n) is 4.38. The van der Waals surface area contributed by atoms with Crippen molar-refractivity contribution in [2.24, 2.45) is 0 Å². The number of benzene rings is 1. The minimum atomic E-state index is 0.284. The molecule has 2 aromatic rings. The Morgan fingerprint density at radius 3 is 2.67 bits per heavy atom. The van der Waals surface area contributed by atoms with Crippen molar-refractivity contribution < 1.29 is 4.74 Å². The number of aryl methyl sites for hydroxylation is 3. The van der Waals surface area contributed by atoms with E-state index < -0.39 is 0 Å². The molecule has 0 fully saturated rings. The van der Waals surface area contributed by atoms with Gasteiger partial charge in [0.25, 0.3) is 0 Å². The van der Waals surface area contributed by atoms with Crippen molar-refractivity contribution >= 4 is 11.3 Å². The van der Waals surface area contributed by atoms with E-state index in [-0.39, 0.29) is 6.04 Å². The zero-order valence-corrected chi connectivity index (χ0v) is 13.8. The fourth-order valence-electron chi connectivity index (χ4n) is 3.21. The van der Waals surface area contributed by atoms with E-state index in [0.29, 0.717) is 0 Å². The van der Waals surface area contributed by atoms with E-state index in [1.165, 1.54) is 41.7 Å². The summed E-state index contributed by atoms with van der Waals surface area (Å²) < 4.78 is 5.32. The Balaban J connectivity index is 1.96. The molecule has 1 aromatic heterocycles. The largest absolute Gasteiger partial charge is 0.497 e. The van der Waals surface area contributed by atoms with E-state index in [4.69, 9.17) is 4.74 Å². The number of thiophene rings is 1. The first-order valence-corrected chi connectivity index (χ1v) is 8.48. The van der Waals surface area contributed by atoms with Gasteiger partial charge in [-0.1, -0.05) is 6.07 Å². The lowest BCUT2D eigenvalue weighted by Gasteiger charge is -2.18. The highest BCUT2D eigenvalue weighted by Gasteiger charge is 2.20. The topological polar surface area (TPSA) is 21.3 Å². The number of ether oxygens (including phenoxy) is 1. The average Bonchev–Trinajstić information content (AvgIpc) is 2.93. The molecule has 0 saturated heterocycles. The van der Waals surface area contributed by atoms with Crippen molar-refractivity contribution in [1.82, 2.24) is 5.32 Å². The number of rotatable bonds is 4. The molecule has 1 heterocycles. The lowest BCUT2D eigenvalue weighted by atomic mass is 9.96. The van der Waals surface area contributed by atoms with Crippen LogP contribution in [-0.4, -0.2) is 14.2 Å². The van der Waals surface area contributed by atoms with Crippen molar-refractivity contribution in [3.8, 4) is 5.75 Å². The molecule has 1 aromatic carbocycles. The van der Waals surface area contributed by atoms with Gasteiger partial charge in [0, 0.05) is 9.75 Å². The zero-order chi connectivity index (χ0) is 14.8. The van der Waals surface area contributed by atoms with Gasteiger partial charge in [0.15, 0.2) is 0 Å². The van der Waals surface area contributed by atoms with Crippen LogP contribution in [0.15, 0.2) is 24.3 Å². The van der Waals surface area contributed by atoms with Crippen molar-refractivity contribution in [3.63, 3.8) is 0 Å². The molecular weight excluding hydrogens is 278 g/mol. The first-order valence-electron chi connectivity index (χ1n) is 7.66. The van der Waals surface area contributed by atoms with Crippen LogP contribution in [0.4, 0.5) is 0 Å². The van der Waals surface area contributed by atoms with Gasteiger partial charge in [0.05, 0.1) is 13.2 Å². The summed E-state index contributed by atoms with van der Waals surface area (Å²) in [6.07, 6.45) is 5.20.